The van der Waals surface area contributed by atoms with Crippen LogP contribution in [0.15, 0.2) is 79.0 Å². The summed E-state index contributed by atoms with van der Waals surface area (Å²) in [4.78, 5) is 4.73. The van der Waals surface area contributed by atoms with Crippen molar-refractivity contribution in [1.82, 2.24) is 9.55 Å². The van der Waals surface area contributed by atoms with E-state index in [-0.39, 0.29) is 0 Å². The number of fused-ring (bicyclic) bond motifs is 4. The van der Waals surface area contributed by atoms with Gasteiger partial charge in [-0.2, -0.15) is 0 Å². The van der Waals surface area contributed by atoms with Gasteiger partial charge >= 0.3 is 0 Å². The third-order valence-electron chi connectivity index (χ3n) is 4.86. The summed E-state index contributed by atoms with van der Waals surface area (Å²) in [6.07, 6.45) is 1.90. The minimum atomic E-state index is 1.05. The maximum atomic E-state index is 4.73. The van der Waals surface area contributed by atoms with Crippen LogP contribution < -0.4 is 0 Å². The second-order valence-corrected chi connectivity index (χ2v) is 6.16. The molecule has 0 aliphatic carbocycles. The van der Waals surface area contributed by atoms with Crippen molar-refractivity contribution in [2.45, 2.75) is 0 Å². The van der Waals surface area contributed by atoms with Crippen LogP contribution in [0.5, 0.6) is 0 Å². The van der Waals surface area contributed by atoms with E-state index < -0.39 is 0 Å². The fourth-order valence-corrected chi connectivity index (χ4v) is 3.76. The highest BCUT2D eigenvalue weighted by atomic mass is 14.9. The second kappa shape index (κ2) is 4.93. The van der Waals surface area contributed by atoms with E-state index in [0.717, 1.165) is 5.69 Å². The largest absolute Gasteiger partial charge is 0.343 e. The summed E-state index contributed by atoms with van der Waals surface area (Å²) in [7, 11) is 2.14. The lowest BCUT2D eigenvalue weighted by Crippen LogP contribution is -1.92. The minimum Gasteiger partial charge on any atom is -0.343 e. The Labute approximate surface area is 140 Å². The highest BCUT2D eigenvalue weighted by molar-refractivity contribution is 6.14. The zero-order valence-corrected chi connectivity index (χ0v) is 13.4. The Morgan fingerprint density at radius 3 is 2.38 bits per heavy atom. The fourth-order valence-electron chi connectivity index (χ4n) is 3.76. The molecule has 5 aromatic rings. The van der Waals surface area contributed by atoms with Gasteiger partial charge in [0.2, 0.25) is 0 Å². The molecule has 0 N–H and O–H groups in total. The lowest BCUT2D eigenvalue weighted by Gasteiger charge is -2.09. The molecule has 0 fully saturated rings. The molecule has 0 saturated heterocycles. The van der Waals surface area contributed by atoms with Gasteiger partial charge in [-0.25, -0.2) is 0 Å². The monoisotopic (exact) mass is 308 g/mol. The number of pyridine rings is 1. The van der Waals surface area contributed by atoms with Crippen LogP contribution in [0.2, 0.25) is 0 Å². The van der Waals surface area contributed by atoms with Crippen molar-refractivity contribution in [3.8, 4) is 11.3 Å². The zero-order valence-electron chi connectivity index (χ0n) is 13.4. The van der Waals surface area contributed by atoms with Crippen LogP contribution in [0.1, 0.15) is 0 Å². The van der Waals surface area contributed by atoms with Crippen molar-refractivity contribution in [2.75, 3.05) is 0 Å². The van der Waals surface area contributed by atoms with E-state index >= 15 is 0 Å². The zero-order chi connectivity index (χ0) is 16.1. The third kappa shape index (κ3) is 1.74. The molecule has 0 aliphatic rings. The van der Waals surface area contributed by atoms with Gasteiger partial charge in [-0.15, -0.1) is 0 Å². The maximum Gasteiger partial charge on any atom is 0.0801 e. The van der Waals surface area contributed by atoms with E-state index in [1.807, 2.05) is 6.20 Å². The highest BCUT2D eigenvalue weighted by Crippen LogP contribution is 2.36. The first-order chi connectivity index (χ1) is 11.8. The Morgan fingerprint density at radius 2 is 1.46 bits per heavy atom. The maximum absolute atomic E-state index is 4.73. The first kappa shape index (κ1) is 13.3. The molecule has 0 bridgehead atoms. The number of benzene rings is 3. The van der Waals surface area contributed by atoms with Crippen LogP contribution in [-0.2, 0) is 7.05 Å². The smallest absolute Gasteiger partial charge is 0.0801 e. The molecule has 114 valence electrons. The van der Waals surface area contributed by atoms with Crippen molar-refractivity contribution in [3.63, 3.8) is 0 Å². The van der Waals surface area contributed by atoms with Crippen LogP contribution in [0.25, 0.3) is 43.8 Å². The molecule has 5 rings (SSSR count). The molecular formula is C22H16N2. The molecular weight excluding hydrogens is 292 g/mol. The summed E-state index contributed by atoms with van der Waals surface area (Å²) in [6, 6.07) is 25.6. The summed E-state index contributed by atoms with van der Waals surface area (Å²) < 4.78 is 2.28. The molecule has 0 aliphatic heterocycles. The first-order valence-electron chi connectivity index (χ1n) is 8.15. The fraction of sp³-hybridized carbons (Fsp3) is 0.0455. The van der Waals surface area contributed by atoms with Gasteiger partial charge < -0.3 is 4.57 Å². The van der Waals surface area contributed by atoms with Gasteiger partial charge in [0.15, 0.2) is 0 Å². The highest BCUT2D eigenvalue weighted by Gasteiger charge is 2.14. The van der Waals surface area contributed by atoms with Gasteiger partial charge in [-0.3, -0.25) is 4.98 Å². The van der Waals surface area contributed by atoms with Crippen molar-refractivity contribution < 1.29 is 0 Å². The van der Waals surface area contributed by atoms with Crippen LogP contribution >= 0.6 is 0 Å². The van der Waals surface area contributed by atoms with E-state index in [2.05, 4.69) is 84.4 Å². The van der Waals surface area contributed by atoms with E-state index in [1.54, 1.807) is 0 Å². The van der Waals surface area contributed by atoms with Crippen molar-refractivity contribution in [1.29, 1.82) is 0 Å². The van der Waals surface area contributed by atoms with Crippen molar-refractivity contribution >= 4 is 32.6 Å². The number of aromatic nitrogens is 2. The molecule has 0 atom stereocenters. The van der Waals surface area contributed by atoms with E-state index in [1.165, 1.54) is 38.1 Å². The van der Waals surface area contributed by atoms with Gasteiger partial charge in [-0.1, -0.05) is 60.7 Å². The molecule has 0 radical (unpaired) electrons. The summed E-state index contributed by atoms with van der Waals surface area (Å²) in [5.41, 5.74) is 4.72. The molecule has 3 aromatic carbocycles. The predicted molar refractivity (Wildman–Crippen MR) is 101 cm³/mol. The molecule has 0 spiro atoms. The Kier molecular flexibility index (Phi) is 2.74. The third-order valence-corrected chi connectivity index (χ3v) is 4.86. The van der Waals surface area contributed by atoms with Gasteiger partial charge in [0.25, 0.3) is 0 Å². The number of rotatable bonds is 1. The molecule has 2 nitrogen and oxygen atoms in total. The van der Waals surface area contributed by atoms with Gasteiger partial charge in [-0.05, 0) is 17.5 Å². The summed E-state index contributed by atoms with van der Waals surface area (Å²) in [6.45, 7) is 0. The van der Waals surface area contributed by atoms with Gasteiger partial charge in [0.05, 0.1) is 11.2 Å². The minimum absolute atomic E-state index is 1.05. The van der Waals surface area contributed by atoms with Gasteiger partial charge in [0, 0.05) is 40.5 Å². The van der Waals surface area contributed by atoms with Crippen LogP contribution in [0.3, 0.4) is 0 Å². The standard InChI is InChI=1S/C22H16N2/c1-24-20-12-5-4-9-17(20)18-10-6-11-19(22(18)24)21-16-8-3-2-7-15(16)13-14-23-21/h2-14H,1H3. The number of hydrogen-bond donors (Lipinski definition) is 0. The van der Waals surface area contributed by atoms with E-state index in [0.29, 0.717) is 0 Å². The number of hydrogen-bond acceptors (Lipinski definition) is 1. The Hall–Kier alpha value is -3.13. The lowest BCUT2D eigenvalue weighted by atomic mass is 10.0. The predicted octanol–water partition coefficient (Wildman–Crippen LogP) is 5.55. The SMILES string of the molecule is Cn1c2ccccc2c2cccc(-c3nccc4ccccc34)c21. The molecule has 0 unspecified atom stereocenters. The number of para-hydroxylation sites is 2. The number of nitrogens with zero attached hydrogens (tertiary/aromatic N) is 2. The van der Waals surface area contributed by atoms with Crippen molar-refractivity contribution in [2.24, 2.45) is 7.05 Å². The van der Waals surface area contributed by atoms with Gasteiger partial charge in [0.1, 0.15) is 0 Å². The molecule has 0 saturated carbocycles. The molecule has 24 heavy (non-hydrogen) atoms. The molecule has 0 amide bonds. The quantitative estimate of drug-likeness (QED) is 0.397. The molecule has 2 heteroatoms. The van der Waals surface area contributed by atoms with Crippen LogP contribution in [0, 0.1) is 0 Å². The van der Waals surface area contributed by atoms with Crippen LogP contribution in [-0.4, -0.2) is 9.55 Å². The lowest BCUT2D eigenvalue weighted by molar-refractivity contribution is 1.01. The van der Waals surface area contributed by atoms with E-state index in [9.17, 15) is 0 Å². The average Bonchev–Trinajstić information content (AvgIpc) is 2.95. The summed E-state index contributed by atoms with van der Waals surface area (Å²) in [5.74, 6) is 0. The molecule has 2 aromatic heterocycles. The van der Waals surface area contributed by atoms with E-state index in [4.69, 9.17) is 4.98 Å². The summed E-state index contributed by atoms with van der Waals surface area (Å²) >= 11 is 0. The topological polar surface area (TPSA) is 17.8 Å². The Morgan fingerprint density at radius 1 is 0.708 bits per heavy atom. The average molecular weight is 308 g/mol. The van der Waals surface area contributed by atoms with Crippen LogP contribution in [0.4, 0.5) is 0 Å². The normalized spacial score (nSPS) is 11.5. The Balaban J connectivity index is 1.97. The second-order valence-electron chi connectivity index (χ2n) is 6.16. The summed E-state index contributed by atoms with van der Waals surface area (Å²) in [5, 5.41) is 4.98. The van der Waals surface area contributed by atoms with Crippen molar-refractivity contribution in [3.05, 3.63) is 79.0 Å². The first-order valence-corrected chi connectivity index (χ1v) is 8.15. The Bertz CT molecular complexity index is 1210. The number of aryl methyl sites for hydroxylation is 1. The molecule has 2 heterocycles.